The van der Waals surface area contributed by atoms with Gasteiger partial charge in [-0.25, -0.2) is 4.79 Å². The first-order valence-electron chi connectivity index (χ1n) is 7.04. The molecule has 3 N–H and O–H groups in total. The molecule has 5 nitrogen and oxygen atoms in total. The summed E-state index contributed by atoms with van der Waals surface area (Å²) in [6, 6.07) is 0. The molecule has 0 aromatic rings. The van der Waals surface area contributed by atoms with Crippen LogP contribution in [-0.4, -0.2) is 43.0 Å². The van der Waals surface area contributed by atoms with E-state index in [0.29, 0.717) is 18.4 Å². The van der Waals surface area contributed by atoms with Crippen LogP contribution in [-0.2, 0) is 4.74 Å². The van der Waals surface area contributed by atoms with E-state index in [-0.39, 0.29) is 12.7 Å². The highest BCUT2D eigenvalue weighted by atomic mass is 16.6. The van der Waals surface area contributed by atoms with Crippen molar-refractivity contribution in [1.29, 1.82) is 0 Å². The van der Waals surface area contributed by atoms with Crippen molar-refractivity contribution in [1.82, 2.24) is 10.6 Å². The molecule has 19 heavy (non-hydrogen) atoms. The van der Waals surface area contributed by atoms with Crippen molar-refractivity contribution in [3.8, 4) is 0 Å². The van der Waals surface area contributed by atoms with Gasteiger partial charge < -0.3 is 20.5 Å². The van der Waals surface area contributed by atoms with Crippen molar-refractivity contribution in [3.05, 3.63) is 0 Å². The minimum absolute atomic E-state index is 0.204. The highest BCUT2D eigenvalue weighted by Crippen LogP contribution is 2.10. The Hall–Kier alpha value is -0.810. The summed E-state index contributed by atoms with van der Waals surface area (Å²) < 4.78 is 5.21. The zero-order valence-electron chi connectivity index (χ0n) is 13.0. The summed E-state index contributed by atoms with van der Waals surface area (Å²) in [5, 5.41) is 14.8. The van der Waals surface area contributed by atoms with E-state index in [2.05, 4.69) is 24.5 Å². The van der Waals surface area contributed by atoms with Crippen LogP contribution in [0.4, 0.5) is 4.79 Å². The fraction of sp³-hybridized carbons (Fsp3) is 0.929. The molecule has 1 unspecified atom stereocenters. The Labute approximate surface area is 117 Å². The van der Waals surface area contributed by atoms with Gasteiger partial charge >= 0.3 is 6.09 Å². The fourth-order valence-electron chi connectivity index (χ4n) is 1.56. The molecule has 0 fully saturated rings. The normalized spacial score (nSPS) is 13.4. The SMILES string of the molecule is CC(C)C(CNCCCO)CNC(=O)OC(C)(C)C. The minimum atomic E-state index is -0.462. The van der Waals surface area contributed by atoms with Crippen molar-refractivity contribution in [3.63, 3.8) is 0 Å². The minimum Gasteiger partial charge on any atom is -0.444 e. The largest absolute Gasteiger partial charge is 0.444 e. The predicted molar refractivity (Wildman–Crippen MR) is 77.1 cm³/mol. The average molecular weight is 274 g/mol. The smallest absolute Gasteiger partial charge is 0.407 e. The highest BCUT2D eigenvalue weighted by molar-refractivity contribution is 5.67. The number of nitrogens with one attached hydrogen (secondary N) is 2. The lowest BCUT2D eigenvalue weighted by molar-refractivity contribution is 0.0515. The molecule has 0 aliphatic heterocycles. The standard InChI is InChI=1S/C14H30N2O3/c1-11(2)12(9-15-7-6-8-17)10-16-13(18)19-14(3,4)5/h11-12,15,17H,6-10H2,1-5H3,(H,16,18). The van der Waals surface area contributed by atoms with Crippen molar-refractivity contribution < 1.29 is 14.6 Å². The summed E-state index contributed by atoms with van der Waals surface area (Å²) in [6.45, 7) is 12.2. The maximum absolute atomic E-state index is 11.6. The van der Waals surface area contributed by atoms with Crippen LogP contribution in [0.15, 0.2) is 0 Å². The van der Waals surface area contributed by atoms with E-state index < -0.39 is 5.60 Å². The van der Waals surface area contributed by atoms with Crippen molar-refractivity contribution in [2.45, 2.75) is 46.6 Å². The van der Waals surface area contributed by atoms with E-state index in [4.69, 9.17) is 9.84 Å². The van der Waals surface area contributed by atoms with Gasteiger partial charge in [0.2, 0.25) is 0 Å². The molecule has 0 saturated carbocycles. The lowest BCUT2D eigenvalue weighted by atomic mass is 9.96. The first kappa shape index (κ1) is 18.2. The number of aliphatic hydroxyl groups is 1. The highest BCUT2D eigenvalue weighted by Gasteiger charge is 2.18. The third-order valence-corrected chi connectivity index (χ3v) is 2.77. The Morgan fingerprint density at radius 3 is 2.37 bits per heavy atom. The Kier molecular flexibility index (Phi) is 8.76. The summed E-state index contributed by atoms with van der Waals surface area (Å²) in [5.74, 6) is 0.822. The number of carbonyl (C=O) groups excluding carboxylic acids is 1. The fourth-order valence-corrected chi connectivity index (χ4v) is 1.56. The quantitative estimate of drug-likeness (QED) is 0.590. The van der Waals surface area contributed by atoms with Crippen LogP contribution < -0.4 is 10.6 Å². The number of hydrogen-bond acceptors (Lipinski definition) is 4. The summed E-state index contributed by atoms with van der Waals surface area (Å²) in [6.07, 6.45) is 0.387. The van der Waals surface area contributed by atoms with E-state index in [1.807, 2.05) is 20.8 Å². The molecule has 0 aromatic heterocycles. The van der Waals surface area contributed by atoms with Crippen molar-refractivity contribution in [2.75, 3.05) is 26.2 Å². The number of hydrogen-bond donors (Lipinski definition) is 3. The van der Waals surface area contributed by atoms with Crippen LogP contribution >= 0.6 is 0 Å². The molecule has 0 aromatic carbocycles. The summed E-state index contributed by atoms with van der Waals surface area (Å²) in [4.78, 5) is 11.6. The van der Waals surface area contributed by atoms with Crippen LogP contribution in [0, 0.1) is 11.8 Å². The van der Waals surface area contributed by atoms with E-state index in [9.17, 15) is 4.79 Å². The third-order valence-electron chi connectivity index (χ3n) is 2.77. The van der Waals surface area contributed by atoms with Crippen molar-refractivity contribution in [2.24, 2.45) is 11.8 Å². The lowest BCUT2D eigenvalue weighted by Crippen LogP contribution is -2.39. The van der Waals surface area contributed by atoms with Gasteiger partial charge in [-0.2, -0.15) is 0 Å². The molecule has 0 aliphatic rings. The molecule has 0 bridgehead atoms. The van der Waals surface area contributed by atoms with Gasteiger partial charge in [-0.15, -0.1) is 0 Å². The maximum Gasteiger partial charge on any atom is 0.407 e. The number of amides is 1. The molecule has 1 atom stereocenters. The number of carbonyl (C=O) groups is 1. The molecule has 0 heterocycles. The van der Waals surface area contributed by atoms with Gasteiger partial charge in [-0.1, -0.05) is 13.8 Å². The second kappa shape index (κ2) is 9.15. The zero-order valence-corrected chi connectivity index (χ0v) is 13.0. The van der Waals surface area contributed by atoms with Gasteiger partial charge in [0, 0.05) is 13.2 Å². The number of ether oxygens (including phenoxy) is 1. The van der Waals surface area contributed by atoms with Gasteiger partial charge in [0.1, 0.15) is 5.60 Å². The molecule has 0 aliphatic carbocycles. The van der Waals surface area contributed by atoms with Crippen LogP contribution in [0.1, 0.15) is 41.0 Å². The van der Waals surface area contributed by atoms with Gasteiger partial charge in [-0.05, 0) is 52.1 Å². The van der Waals surface area contributed by atoms with Crippen LogP contribution in [0.5, 0.6) is 0 Å². The average Bonchev–Trinajstić information content (AvgIpc) is 2.25. The molecule has 114 valence electrons. The molecule has 5 heteroatoms. The summed E-state index contributed by atoms with van der Waals surface area (Å²) in [5.41, 5.74) is -0.462. The molecule has 0 spiro atoms. The Bertz CT molecular complexity index is 250. The molecule has 0 radical (unpaired) electrons. The van der Waals surface area contributed by atoms with E-state index in [0.717, 1.165) is 19.5 Å². The lowest BCUT2D eigenvalue weighted by Gasteiger charge is -2.24. The predicted octanol–water partition coefficient (Wildman–Crippen LogP) is 1.76. The van der Waals surface area contributed by atoms with E-state index in [1.165, 1.54) is 0 Å². The summed E-state index contributed by atoms with van der Waals surface area (Å²) >= 11 is 0. The van der Waals surface area contributed by atoms with E-state index >= 15 is 0 Å². The molecule has 0 rings (SSSR count). The molecular formula is C14H30N2O3. The number of rotatable bonds is 8. The zero-order chi connectivity index (χ0) is 14.9. The molecule has 0 saturated heterocycles. The topological polar surface area (TPSA) is 70.6 Å². The van der Waals surface area contributed by atoms with Gasteiger partial charge in [0.25, 0.3) is 0 Å². The Balaban J connectivity index is 3.97. The second-order valence-electron chi connectivity index (χ2n) is 6.17. The first-order chi connectivity index (χ1) is 8.76. The molecule has 1 amide bonds. The second-order valence-corrected chi connectivity index (χ2v) is 6.17. The van der Waals surface area contributed by atoms with Gasteiger partial charge in [0.05, 0.1) is 0 Å². The van der Waals surface area contributed by atoms with Crippen LogP contribution in [0.3, 0.4) is 0 Å². The Morgan fingerprint density at radius 1 is 1.26 bits per heavy atom. The number of alkyl carbamates (subject to hydrolysis) is 1. The molecular weight excluding hydrogens is 244 g/mol. The number of aliphatic hydroxyl groups excluding tert-OH is 1. The van der Waals surface area contributed by atoms with E-state index in [1.54, 1.807) is 0 Å². The summed E-state index contributed by atoms with van der Waals surface area (Å²) in [7, 11) is 0. The van der Waals surface area contributed by atoms with Crippen LogP contribution in [0.25, 0.3) is 0 Å². The third kappa shape index (κ3) is 10.8. The van der Waals surface area contributed by atoms with Gasteiger partial charge in [0.15, 0.2) is 0 Å². The van der Waals surface area contributed by atoms with Crippen molar-refractivity contribution >= 4 is 6.09 Å². The monoisotopic (exact) mass is 274 g/mol. The Morgan fingerprint density at radius 2 is 1.89 bits per heavy atom. The maximum atomic E-state index is 11.6. The van der Waals surface area contributed by atoms with Gasteiger partial charge in [-0.3, -0.25) is 0 Å². The van der Waals surface area contributed by atoms with Crippen LogP contribution in [0.2, 0.25) is 0 Å². The first-order valence-corrected chi connectivity index (χ1v) is 7.04.